The molecule has 1 aromatic rings. The summed E-state index contributed by atoms with van der Waals surface area (Å²) in [5.41, 5.74) is 2.32. The number of hydrogen-bond acceptors (Lipinski definition) is 2. The molecule has 2 rings (SSSR count). The molecule has 0 amide bonds. The molecule has 0 saturated heterocycles. The van der Waals surface area contributed by atoms with Crippen molar-refractivity contribution in [3.63, 3.8) is 0 Å². The minimum Gasteiger partial charge on any atom is -0.368 e. The highest BCUT2D eigenvalue weighted by atomic mass is 15.3. The summed E-state index contributed by atoms with van der Waals surface area (Å²) in [7, 11) is 8.48. The molecule has 1 heterocycles. The summed E-state index contributed by atoms with van der Waals surface area (Å²) in [6.07, 6.45) is 6.06. The number of nitrogens with zero attached hydrogens (tertiary/aromatic N) is 2. The largest absolute Gasteiger partial charge is 0.368 e. The van der Waals surface area contributed by atoms with Crippen LogP contribution in [0.5, 0.6) is 0 Å². The molecule has 22 heavy (non-hydrogen) atoms. The zero-order valence-corrected chi connectivity index (χ0v) is 16.1. The maximum atomic E-state index is 6.48. The second kappa shape index (κ2) is 9.96. The van der Waals surface area contributed by atoms with Crippen LogP contribution in [0.25, 0.3) is 0 Å². The topological polar surface area (TPSA) is 29.9 Å². The molecule has 2 radical (unpaired) electrons. The number of hydrogen-bond donors (Lipinski definition) is 1. The van der Waals surface area contributed by atoms with Crippen molar-refractivity contribution < 1.29 is 0 Å². The van der Waals surface area contributed by atoms with Crippen molar-refractivity contribution in [2.45, 2.75) is 91.9 Å². The van der Waals surface area contributed by atoms with Crippen LogP contribution in [0.3, 0.4) is 0 Å². The van der Waals surface area contributed by atoms with E-state index in [2.05, 4.69) is 31.2 Å². The van der Waals surface area contributed by atoms with E-state index in [1.165, 1.54) is 24.8 Å². The van der Waals surface area contributed by atoms with Gasteiger partial charge in [0.25, 0.3) is 0 Å². The van der Waals surface area contributed by atoms with Crippen LogP contribution >= 0.6 is 0 Å². The van der Waals surface area contributed by atoms with E-state index in [1.54, 1.807) is 0 Å². The molecule has 0 spiro atoms. The fourth-order valence-electron chi connectivity index (χ4n) is 2.90. The number of aryl methyl sites for hydroxylation is 2. The van der Waals surface area contributed by atoms with Gasteiger partial charge in [0.05, 0.1) is 13.5 Å². The van der Waals surface area contributed by atoms with Gasteiger partial charge < -0.3 is 5.32 Å². The Morgan fingerprint density at radius 3 is 2.23 bits per heavy atom. The predicted molar refractivity (Wildman–Crippen MR) is 100.0 cm³/mol. The molecule has 0 aromatic carbocycles. The molecule has 4 heteroatoms. The minimum atomic E-state index is -0.124. The van der Waals surface area contributed by atoms with Crippen molar-refractivity contribution in [2.75, 3.05) is 5.32 Å². The lowest BCUT2D eigenvalue weighted by atomic mass is 9.62. The van der Waals surface area contributed by atoms with Gasteiger partial charge in [-0.15, -0.1) is 0 Å². The van der Waals surface area contributed by atoms with Gasteiger partial charge in [-0.05, 0) is 25.6 Å². The van der Waals surface area contributed by atoms with E-state index in [-0.39, 0.29) is 5.31 Å². The summed E-state index contributed by atoms with van der Waals surface area (Å²) >= 11 is 0. The zero-order chi connectivity index (χ0) is 17.3. The Bertz CT molecular complexity index is 424. The third-order valence-electron chi connectivity index (χ3n) is 4.34. The summed E-state index contributed by atoms with van der Waals surface area (Å²) in [5.74, 6) is 1.12. The first-order valence-electron chi connectivity index (χ1n) is 8.97. The van der Waals surface area contributed by atoms with E-state index >= 15 is 0 Å². The van der Waals surface area contributed by atoms with Crippen LogP contribution in [-0.4, -0.2) is 23.7 Å². The van der Waals surface area contributed by atoms with Gasteiger partial charge in [0.2, 0.25) is 0 Å². The summed E-state index contributed by atoms with van der Waals surface area (Å²) in [6.45, 7) is 14.3. The van der Waals surface area contributed by atoms with Crippen LogP contribution in [0.4, 0.5) is 5.82 Å². The van der Waals surface area contributed by atoms with E-state index in [1.807, 2.05) is 39.4 Å². The molecular formula is C18H36BN3. The van der Waals surface area contributed by atoms with Gasteiger partial charge in [-0.3, -0.25) is 4.68 Å². The monoisotopic (exact) mass is 305 g/mol. The maximum absolute atomic E-state index is 6.48. The SMILES string of the molecule is CC.CC.[B]C1(C)CCCCCC1Nc1c(C)c(C)nn1C. The van der Waals surface area contributed by atoms with E-state index < -0.39 is 0 Å². The molecule has 1 fully saturated rings. The molecule has 0 aliphatic heterocycles. The molecule has 2 atom stereocenters. The van der Waals surface area contributed by atoms with Crippen LogP contribution < -0.4 is 5.32 Å². The van der Waals surface area contributed by atoms with Crippen molar-refractivity contribution in [2.24, 2.45) is 7.05 Å². The fourth-order valence-corrected chi connectivity index (χ4v) is 2.90. The number of rotatable bonds is 2. The highest BCUT2D eigenvalue weighted by Crippen LogP contribution is 2.40. The van der Waals surface area contributed by atoms with E-state index in [9.17, 15) is 0 Å². The molecule has 1 saturated carbocycles. The summed E-state index contributed by atoms with van der Waals surface area (Å²) in [5, 5.41) is 7.98. The average Bonchev–Trinajstić information content (AvgIpc) is 2.66. The molecule has 0 bridgehead atoms. The quantitative estimate of drug-likeness (QED) is 0.602. The normalized spacial score (nSPS) is 24.3. The highest BCUT2D eigenvalue weighted by Gasteiger charge is 2.31. The maximum Gasteiger partial charge on any atom is 0.127 e. The second-order valence-electron chi connectivity index (χ2n) is 5.98. The van der Waals surface area contributed by atoms with Crippen molar-refractivity contribution in [1.29, 1.82) is 0 Å². The first-order valence-corrected chi connectivity index (χ1v) is 8.97. The molecule has 1 aliphatic rings. The molecule has 2 unspecified atom stereocenters. The van der Waals surface area contributed by atoms with E-state index in [0.29, 0.717) is 6.04 Å². The van der Waals surface area contributed by atoms with Crippen LogP contribution in [0, 0.1) is 13.8 Å². The molecule has 1 N–H and O–H groups in total. The highest BCUT2D eigenvalue weighted by molar-refractivity contribution is 6.15. The summed E-state index contributed by atoms with van der Waals surface area (Å²) in [6, 6.07) is 0.341. The van der Waals surface area contributed by atoms with E-state index in [4.69, 9.17) is 7.85 Å². The van der Waals surface area contributed by atoms with Gasteiger partial charge in [0, 0.05) is 18.7 Å². The molecule has 3 nitrogen and oxygen atoms in total. The molecule has 1 aromatic heterocycles. The van der Waals surface area contributed by atoms with Crippen molar-refractivity contribution >= 4 is 13.7 Å². The van der Waals surface area contributed by atoms with Gasteiger partial charge in [0.15, 0.2) is 0 Å². The number of aromatic nitrogens is 2. The number of anilines is 1. The Morgan fingerprint density at radius 1 is 1.14 bits per heavy atom. The van der Waals surface area contributed by atoms with Crippen molar-refractivity contribution in [3.05, 3.63) is 11.3 Å². The van der Waals surface area contributed by atoms with Crippen LogP contribution in [0.2, 0.25) is 5.31 Å². The predicted octanol–water partition coefficient (Wildman–Crippen LogP) is 5.18. The Morgan fingerprint density at radius 2 is 1.73 bits per heavy atom. The molecule has 1 aliphatic carbocycles. The van der Waals surface area contributed by atoms with Gasteiger partial charge in [-0.1, -0.05) is 60.3 Å². The molecular weight excluding hydrogens is 269 g/mol. The first kappa shape index (κ1) is 21.1. The molecule has 126 valence electrons. The standard InChI is InChI=1S/C14H24BN3.2C2H6/c1-10-11(2)17-18(4)13(10)16-12-8-6-5-7-9-14(12,3)15;2*1-2/h12,16H,5-9H2,1-4H3;2*1-2H3. The van der Waals surface area contributed by atoms with Gasteiger partial charge in [0.1, 0.15) is 5.82 Å². The van der Waals surface area contributed by atoms with Crippen molar-refractivity contribution in [3.8, 4) is 0 Å². The Hall–Kier alpha value is -0.925. The lowest BCUT2D eigenvalue weighted by molar-refractivity contribution is 0.476. The summed E-state index contributed by atoms with van der Waals surface area (Å²) < 4.78 is 1.94. The zero-order valence-electron chi connectivity index (χ0n) is 16.1. The fraction of sp³-hybridized carbons (Fsp3) is 0.833. The smallest absolute Gasteiger partial charge is 0.127 e. The van der Waals surface area contributed by atoms with Crippen LogP contribution in [0.1, 0.15) is 78.0 Å². The third-order valence-corrected chi connectivity index (χ3v) is 4.34. The Balaban J connectivity index is 0.00000102. The minimum absolute atomic E-state index is 0.124. The first-order chi connectivity index (χ1) is 10.4. The number of nitrogens with one attached hydrogen (secondary N) is 1. The average molecular weight is 305 g/mol. The second-order valence-corrected chi connectivity index (χ2v) is 5.98. The van der Waals surface area contributed by atoms with Gasteiger partial charge >= 0.3 is 0 Å². The van der Waals surface area contributed by atoms with Gasteiger partial charge in [-0.25, -0.2) is 0 Å². The Kier molecular flexibility index (Phi) is 9.55. The van der Waals surface area contributed by atoms with E-state index in [0.717, 1.165) is 24.4 Å². The lowest BCUT2D eigenvalue weighted by Crippen LogP contribution is -2.33. The van der Waals surface area contributed by atoms with Crippen LogP contribution in [0.15, 0.2) is 0 Å². The summed E-state index contributed by atoms with van der Waals surface area (Å²) in [4.78, 5) is 0. The third kappa shape index (κ3) is 5.37. The van der Waals surface area contributed by atoms with Crippen molar-refractivity contribution in [1.82, 2.24) is 9.78 Å². The Labute approximate surface area is 139 Å². The van der Waals surface area contributed by atoms with Gasteiger partial charge in [-0.2, -0.15) is 5.10 Å². The van der Waals surface area contributed by atoms with Crippen LogP contribution in [-0.2, 0) is 7.05 Å². The lowest BCUT2D eigenvalue weighted by Gasteiger charge is -2.34.